The normalized spacial score (nSPS) is 17.2. The largest absolute Gasteiger partial charge is 0.335 e. The molecule has 1 fully saturated rings. The Morgan fingerprint density at radius 2 is 2.19 bits per heavy atom. The van der Waals surface area contributed by atoms with Gasteiger partial charge in [0.05, 0.1) is 0 Å². The van der Waals surface area contributed by atoms with Crippen molar-refractivity contribution in [2.24, 2.45) is 0 Å². The lowest BCUT2D eigenvalue weighted by atomic mass is 9.91. The second-order valence-corrected chi connectivity index (χ2v) is 5.71. The zero-order valence-corrected chi connectivity index (χ0v) is 10.3. The number of carbonyl (C=O) groups is 2. The molecule has 4 heteroatoms. The van der Waals surface area contributed by atoms with Crippen LogP contribution in [0.25, 0.3) is 0 Å². The first-order valence-corrected chi connectivity index (χ1v) is 6.25. The molecule has 1 aliphatic rings. The summed E-state index contributed by atoms with van der Waals surface area (Å²) in [5, 5.41) is 2.04. The van der Waals surface area contributed by atoms with Crippen LogP contribution in [0.4, 0.5) is 0 Å². The van der Waals surface area contributed by atoms with Gasteiger partial charge < -0.3 is 4.90 Å². The average molecular weight is 237 g/mol. The Kier molecular flexibility index (Phi) is 2.84. The van der Waals surface area contributed by atoms with Gasteiger partial charge in [0.25, 0.3) is 5.91 Å². The SMILES string of the molecule is CC(C)(CN1CCC(=O)C1=O)c1cccs1. The number of amides is 1. The molecule has 0 saturated carbocycles. The summed E-state index contributed by atoms with van der Waals surface area (Å²) in [7, 11) is 0. The minimum atomic E-state index is -0.315. The molecule has 1 aromatic rings. The van der Waals surface area contributed by atoms with E-state index in [9.17, 15) is 9.59 Å². The quantitative estimate of drug-likeness (QED) is 0.752. The second kappa shape index (κ2) is 4.01. The average Bonchev–Trinajstić information content (AvgIpc) is 2.83. The molecule has 16 heavy (non-hydrogen) atoms. The molecular weight excluding hydrogens is 222 g/mol. The van der Waals surface area contributed by atoms with Crippen LogP contribution in [0, 0.1) is 0 Å². The molecule has 2 heterocycles. The van der Waals surface area contributed by atoms with E-state index in [1.54, 1.807) is 16.2 Å². The zero-order valence-electron chi connectivity index (χ0n) is 9.53. The fourth-order valence-corrected chi connectivity index (χ4v) is 2.84. The fraction of sp³-hybridized carbons (Fsp3) is 0.500. The number of hydrogen-bond donors (Lipinski definition) is 0. The van der Waals surface area contributed by atoms with Crippen molar-refractivity contribution in [3.05, 3.63) is 22.4 Å². The second-order valence-electron chi connectivity index (χ2n) is 4.76. The van der Waals surface area contributed by atoms with Crippen molar-refractivity contribution >= 4 is 23.0 Å². The Morgan fingerprint density at radius 3 is 2.69 bits per heavy atom. The van der Waals surface area contributed by atoms with E-state index in [0.717, 1.165) is 0 Å². The van der Waals surface area contributed by atoms with E-state index in [0.29, 0.717) is 19.5 Å². The molecule has 0 bridgehead atoms. The van der Waals surface area contributed by atoms with Gasteiger partial charge >= 0.3 is 0 Å². The lowest BCUT2D eigenvalue weighted by Gasteiger charge is -2.28. The van der Waals surface area contributed by atoms with Crippen LogP contribution in [0.2, 0.25) is 0 Å². The molecule has 0 atom stereocenters. The van der Waals surface area contributed by atoms with Crippen molar-refractivity contribution in [2.45, 2.75) is 25.7 Å². The highest BCUT2D eigenvalue weighted by molar-refractivity contribution is 7.10. The van der Waals surface area contributed by atoms with E-state index in [2.05, 4.69) is 19.9 Å². The van der Waals surface area contributed by atoms with Gasteiger partial charge in [-0.1, -0.05) is 19.9 Å². The number of rotatable bonds is 3. The van der Waals surface area contributed by atoms with Crippen molar-refractivity contribution < 1.29 is 9.59 Å². The molecular formula is C12H15NO2S. The van der Waals surface area contributed by atoms with Gasteiger partial charge in [0.1, 0.15) is 0 Å². The molecule has 1 aromatic heterocycles. The van der Waals surface area contributed by atoms with E-state index in [1.807, 2.05) is 11.4 Å². The Balaban J connectivity index is 2.10. The Hall–Kier alpha value is -1.16. The van der Waals surface area contributed by atoms with E-state index >= 15 is 0 Å². The van der Waals surface area contributed by atoms with Gasteiger partial charge in [0.2, 0.25) is 5.78 Å². The van der Waals surface area contributed by atoms with Gasteiger partial charge in [-0.15, -0.1) is 11.3 Å². The van der Waals surface area contributed by atoms with Crippen LogP contribution < -0.4 is 0 Å². The number of ketones is 1. The summed E-state index contributed by atoms with van der Waals surface area (Å²) in [4.78, 5) is 25.6. The summed E-state index contributed by atoms with van der Waals surface area (Å²) in [5.41, 5.74) is -0.0750. The molecule has 0 radical (unpaired) electrons. The molecule has 0 spiro atoms. The third-order valence-corrected chi connectivity index (χ3v) is 4.14. The van der Waals surface area contributed by atoms with E-state index in [4.69, 9.17) is 0 Å². The first-order chi connectivity index (χ1) is 7.50. The van der Waals surface area contributed by atoms with Crippen molar-refractivity contribution in [1.82, 2.24) is 4.90 Å². The first kappa shape index (κ1) is 11.3. The first-order valence-electron chi connectivity index (χ1n) is 5.37. The predicted octanol–water partition coefficient (Wildman–Crippen LogP) is 1.83. The Bertz CT molecular complexity index is 409. The zero-order chi connectivity index (χ0) is 11.8. The molecule has 86 valence electrons. The smallest absolute Gasteiger partial charge is 0.290 e. The predicted molar refractivity (Wildman–Crippen MR) is 63.5 cm³/mol. The minimum absolute atomic E-state index is 0.0750. The molecule has 0 N–H and O–H groups in total. The Morgan fingerprint density at radius 1 is 1.44 bits per heavy atom. The highest BCUT2D eigenvalue weighted by Gasteiger charge is 2.34. The number of likely N-dealkylation sites (tertiary alicyclic amines) is 1. The summed E-state index contributed by atoms with van der Waals surface area (Å²) in [6.07, 6.45) is 0.374. The van der Waals surface area contributed by atoms with Crippen LogP contribution in [0.3, 0.4) is 0 Å². The van der Waals surface area contributed by atoms with Crippen molar-refractivity contribution in [2.75, 3.05) is 13.1 Å². The van der Waals surface area contributed by atoms with Gasteiger partial charge in [-0.2, -0.15) is 0 Å². The topological polar surface area (TPSA) is 37.4 Å². The number of thiophene rings is 1. The van der Waals surface area contributed by atoms with Crippen LogP contribution in [-0.4, -0.2) is 29.7 Å². The van der Waals surface area contributed by atoms with E-state index in [1.165, 1.54) is 4.88 Å². The number of carbonyl (C=O) groups excluding carboxylic acids is 2. The summed E-state index contributed by atoms with van der Waals surface area (Å²) in [6, 6.07) is 4.09. The third-order valence-electron chi connectivity index (χ3n) is 2.91. The third kappa shape index (κ3) is 2.02. The van der Waals surface area contributed by atoms with Gasteiger partial charge in [-0.25, -0.2) is 0 Å². The van der Waals surface area contributed by atoms with E-state index in [-0.39, 0.29) is 17.1 Å². The number of nitrogens with zero attached hydrogens (tertiary/aromatic N) is 1. The highest BCUT2D eigenvalue weighted by Crippen LogP contribution is 2.29. The Labute approximate surface area is 99.1 Å². The molecule has 1 aliphatic heterocycles. The number of Topliss-reactive ketones (excluding diaryl/α,β-unsaturated/α-hetero) is 1. The number of hydrogen-bond acceptors (Lipinski definition) is 3. The molecule has 0 aliphatic carbocycles. The molecule has 2 rings (SSSR count). The highest BCUT2D eigenvalue weighted by atomic mass is 32.1. The maximum Gasteiger partial charge on any atom is 0.290 e. The lowest BCUT2D eigenvalue weighted by Crippen LogP contribution is -2.38. The van der Waals surface area contributed by atoms with Gasteiger partial charge in [-0.05, 0) is 11.4 Å². The molecule has 1 saturated heterocycles. The molecule has 0 aromatic carbocycles. The minimum Gasteiger partial charge on any atom is -0.335 e. The van der Waals surface area contributed by atoms with Crippen LogP contribution in [0.15, 0.2) is 17.5 Å². The van der Waals surface area contributed by atoms with Crippen LogP contribution in [-0.2, 0) is 15.0 Å². The lowest BCUT2D eigenvalue weighted by molar-refractivity contribution is -0.140. The molecule has 0 unspecified atom stereocenters. The van der Waals surface area contributed by atoms with Crippen LogP contribution in [0.1, 0.15) is 25.1 Å². The van der Waals surface area contributed by atoms with Gasteiger partial charge in [0, 0.05) is 29.8 Å². The summed E-state index contributed by atoms with van der Waals surface area (Å²) >= 11 is 1.69. The maximum absolute atomic E-state index is 11.5. The van der Waals surface area contributed by atoms with Gasteiger partial charge in [-0.3, -0.25) is 9.59 Å². The van der Waals surface area contributed by atoms with Crippen molar-refractivity contribution in [3.8, 4) is 0 Å². The molecule has 3 nitrogen and oxygen atoms in total. The summed E-state index contributed by atoms with van der Waals surface area (Å²) < 4.78 is 0. The molecule has 1 amide bonds. The maximum atomic E-state index is 11.5. The fourth-order valence-electron chi connectivity index (χ4n) is 1.99. The van der Waals surface area contributed by atoms with Crippen LogP contribution in [0.5, 0.6) is 0 Å². The van der Waals surface area contributed by atoms with Crippen molar-refractivity contribution in [3.63, 3.8) is 0 Å². The van der Waals surface area contributed by atoms with Crippen molar-refractivity contribution in [1.29, 1.82) is 0 Å². The summed E-state index contributed by atoms with van der Waals surface area (Å²) in [6.45, 7) is 5.41. The monoisotopic (exact) mass is 237 g/mol. The van der Waals surface area contributed by atoms with Gasteiger partial charge in [0.15, 0.2) is 0 Å². The summed E-state index contributed by atoms with van der Waals surface area (Å²) in [5.74, 6) is -0.563. The van der Waals surface area contributed by atoms with E-state index < -0.39 is 0 Å². The van der Waals surface area contributed by atoms with Crippen LogP contribution >= 0.6 is 11.3 Å². The standard InChI is InChI=1S/C12H15NO2S/c1-12(2,10-4-3-7-16-10)8-13-6-5-9(14)11(13)15/h3-4,7H,5-6,8H2,1-2H3.